The summed E-state index contributed by atoms with van der Waals surface area (Å²) in [6.07, 6.45) is 12.4. The van der Waals surface area contributed by atoms with Crippen LogP contribution in [0.15, 0.2) is 16.7 Å². The van der Waals surface area contributed by atoms with Crippen LogP contribution in [0.25, 0.3) is 0 Å². The van der Waals surface area contributed by atoms with Crippen LogP contribution < -0.4 is 9.80 Å². The third-order valence-corrected chi connectivity index (χ3v) is 4.64. The molecule has 5 heteroatoms. The third-order valence-electron chi connectivity index (χ3n) is 4.64. The molecule has 0 aromatic carbocycles. The van der Waals surface area contributed by atoms with Crippen LogP contribution in [0.4, 0.5) is 11.6 Å². The molecule has 1 N–H and O–H groups in total. The third kappa shape index (κ3) is 4.43. The fourth-order valence-electron chi connectivity index (χ4n) is 3.36. The average Bonchev–Trinajstić information content (AvgIpc) is 3.09. The van der Waals surface area contributed by atoms with Crippen LogP contribution in [-0.4, -0.2) is 30.8 Å². The zero-order valence-electron chi connectivity index (χ0n) is 14.5. The van der Waals surface area contributed by atoms with Crippen molar-refractivity contribution in [2.45, 2.75) is 70.9 Å². The highest BCUT2D eigenvalue weighted by Gasteiger charge is 2.40. The summed E-state index contributed by atoms with van der Waals surface area (Å²) in [6.45, 7) is 3.01. The molecule has 1 unspecified atom stereocenters. The van der Waals surface area contributed by atoms with Gasteiger partial charge in [0.1, 0.15) is 5.69 Å². The molecular weight excluding hydrogens is 292 g/mol. The predicted molar refractivity (Wildman–Crippen MR) is 93.1 cm³/mol. The molecule has 0 spiro atoms. The van der Waals surface area contributed by atoms with Crippen LogP contribution >= 0.6 is 0 Å². The lowest BCUT2D eigenvalue weighted by Crippen LogP contribution is -2.47. The Morgan fingerprint density at radius 3 is 2.35 bits per heavy atom. The van der Waals surface area contributed by atoms with Gasteiger partial charge in [-0.15, -0.1) is 0 Å². The molecule has 1 aliphatic heterocycles. The second-order valence-electron chi connectivity index (χ2n) is 6.46. The Morgan fingerprint density at radius 1 is 1.13 bits per heavy atom. The molecule has 2 rings (SSSR count). The molecule has 0 fully saturated rings. The van der Waals surface area contributed by atoms with Gasteiger partial charge in [0.15, 0.2) is 0 Å². The number of anilines is 2. The summed E-state index contributed by atoms with van der Waals surface area (Å²) in [6, 6.07) is 1.86. The quantitative estimate of drug-likeness (QED) is 0.609. The van der Waals surface area contributed by atoms with E-state index in [0.717, 1.165) is 25.1 Å². The van der Waals surface area contributed by atoms with Crippen molar-refractivity contribution >= 4 is 17.5 Å². The Kier molecular flexibility index (Phi) is 6.81. The summed E-state index contributed by atoms with van der Waals surface area (Å²) in [7, 11) is 1.78. The number of furan rings is 1. The molecule has 0 saturated carbocycles. The fraction of sp³-hybridized carbons (Fsp3) is 0.722. The van der Waals surface area contributed by atoms with Gasteiger partial charge < -0.3 is 19.3 Å². The minimum absolute atomic E-state index is 0.640. The van der Waals surface area contributed by atoms with Crippen molar-refractivity contribution < 1.29 is 14.3 Å². The number of carboxylic acids is 1. The van der Waals surface area contributed by atoms with Crippen molar-refractivity contribution in [2.24, 2.45) is 0 Å². The Labute approximate surface area is 139 Å². The van der Waals surface area contributed by atoms with Crippen LogP contribution in [0.5, 0.6) is 0 Å². The summed E-state index contributed by atoms with van der Waals surface area (Å²) in [4.78, 5) is 15.2. The van der Waals surface area contributed by atoms with Crippen molar-refractivity contribution in [1.82, 2.24) is 0 Å². The standard InChI is InChI=1S/C18H30N2O3/c1-3-4-5-6-7-8-9-10-11-13-20-15-12-14-23-17(15)19(2)16(20)18(21)22/h12,14,16H,3-11,13H2,1-2H3,(H,21,22). The van der Waals surface area contributed by atoms with Gasteiger partial charge in [-0.25, -0.2) is 4.79 Å². The number of unbranched alkanes of at least 4 members (excludes halogenated alkanes) is 8. The van der Waals surface area contributed by atoms with Crippen LogP contribution in [-0.2, 0) is 4.79 Å². The molecule has 23 heavy (non-hydrogen) atoms. The molecule has 0 saturated heterocycles. The smallest absolute Gasteiger partial charge is 0.347 e. The SMILES string of the molecule is CCCCCCCCCCCN1c2ccoc2N(C)C1C(=O)O. The fourth-order valence-corrected chi connectivity index (χ4v) is 3.36. The van der Waals surface area contributed by atoms with Crippen LogP contribution in [0.1, 0.15) is 64.7 Å². The van der Waals surface area contributed by atoms with Gasteiger partial charge in [-0.05, 0) is 6.42 Å². The van der Waals surface area contributed by atoms with E-state index >= 15 is 0 Å². The van der Waals surface area contributed by atoms with E-state index in [4.69, 9.17) is 4.42 Å². The number of fused-ring (bicyclic) bond motifs is 1. The monoisotopic (exact) mass is 322 g/mol. The summed E-state index contributed by atoms with van der Waals surface area (Å²) in [5.74, 6) is -0.164. The van der Waals surface area contributed by atoms with Gasteiger partial charge in [-0.1, -0.05) is 58.3 Å². The zero-order chi connectivity index (χ0) is 16.7. The summed E-state index contributed by atoms with van der Waals surface area (Å²) < 4.78 is 5.41. The van der Waals surface area contributed by atoms with Gasteiger partial charge >= 0.3 is 5.97 Å². The normalized spacial score (nSPS) is 16.9. The van der Waals surface area contributed by atoms with Gasteiger partial charge in [-0.2, -0.15) is 0 Å². The lowest BCUT2D eigenvalue weighted by molar-refractivity contribution is -0.138. The highest BCUT2D eigenvalue weighted by atomic mass is 16.4. The first-order chi connectivity index (χ1) is 11.2. The van der Waals surface area contributed by atoms with E-state index in [1.807, 2.05) is 11.0 Å². The number of hydrogen-bond acceptors (Lipinski definition) is 4. The first-order valence-corrected chi connectivity index (χ1v) is 8.96. The van der Waals surface area contributed by atoms with Gasteiger partial charge in [0.2, 0.25) is 12.0 Å². The summed E-state index contributed by atoms with van der Waals surface area (Å²) in [5.41, 5.74) is 0.902. The Balaban J connectivity index is 1.69. The van der Waals surface area contributed by atoms with Crippen molar-refractivity contribution in [3.63, 3.8) is 0 Å². The molecule has 130 valence electrons. The number of hydrogen-bond donors (Lipinski definition) is 1. The Bertz CT molecular complexity index is 486. The molecular formula is C18H30N2O3. The molecule has 0 bridgehead atoms. The van der Waals surface area contributed by atoms with Crippen LogP contribution in [0, 0.1) is 0 Å². The van der Waals surface area contributed by atoms with Gasteiger partial charge in [0.05, 0.1) is 6.26 Å². The molecule has 1 aliphatic rings. The number of rotatable bonds is 11. The van der Waals surface area contributed by atoms with Crippen LogP contribution in [0.2, 0.25) is 0 Å². The summed E-state index contributed by atoms with van der Waals surface area (Å²) in [5, 5.41) is 9.46. The molecule has 5 nitrogen and oxygen atoms in total. The highest BCUT2D eigenvalue weighted by Crippen LogP contribution is 2.39. The lowest BCUT2D eigenvalue weighted by atomic mass is 10.1. The number of carboxylic acid groups (broad SMARTS) is 1. The Morgan fingerprint density at radius 2 is 1.74 bits per heavy atom. The van der Waals surface area contributed by atoms with Crippen molar-refractivity contribution in [3.8, 4) is 0 Å². The average molecular weight is 322 g/mol. The van der Waals surface area contributed by atoms with Crippen molar-refractivity contribution in [3.05, 3.63) is 12.3 Å². The predicted octanol–water partition coefficient (Wildman–Crippen LogP) is 4.48. The molecule has 0 radical (unpaired) electrons. The molecule has 0 amide bonds. The van der Waals surface area contributed by atoms with E-state index in [0.29, 0.717) is 5.88 Å². The maximum Gasteiger partial charge on any atom is 0.347 e. The van der Waals surface area contributed by atoms with E-state index in [1.165, 1.54) is 44.9 Å². The second-order valence-corrected chi connectivity index (χ2v) is 6.46. The minimum atomic E-state index is -0.824. The van der Waals surface area contributed by atoms with Crippen molar-refractivity contribution in [2.75, 3.05) is 23.4 Å². The molecule has 1 aromatic heterocycles. The summed E-state index contributed by atoms with van der Waals surface area (Å²) >= 11 is 0. The van der Waals surface area contributed by atoms with Gasteiger partial charge in [0, 0.05) is 19.7 Å². The zero-order valence-corrected chi connectivity index (χ0v) is 14.5. The largest absolute Gasteiger partial charge is 0.478 e. The van der Waals surface area contributed by atoms with Crippen LogP contribution in [0.3, 0.4) is 0 Å². The molecule has 0 aliphatic carbocycles. The van der Waals surface area contributed by atoms with E-state index in [9.17, 15) is 9.90 Å². The first-order valence-electron chi connectivity index (χ1n) is 8.96. The van der Waals surface area contributed by atoms with E-state index in [2.05, 4.69) is 6.92 Å². The molecule has 1 aromatic rings. The number of nitrogens with zero attached hydrogens (tertiary/aromatic N) is 2. The topological polar surface area (TPSA) is 56.9 Å². The van der Waals surface area contributed by atoms with E-state index in [1.54, 1.807) is 18.2 Å². The maximum absolute atomic E-state index is 11.5. The second kappa shape index (κ2) is 8.85. The van der Waals surface area contributed by atoms with Gasteiger partial charge in [-0.3, -0.25) is 0 Å². The Hall–Kier alpha value is -1.65. The molecule has 1 atom stereocenters. The number of aliphatic carboxylic acids is 1. The lowest BCUT2D eigenvalue weighted by Gasteiger charge is -2.26. The minimum Gasteiger partial charge on any atom is -0.478 e. The van der Waals surface area contributed by atoms with Gasteiger partial charge in [0.25, 0.3) is 0 Å². The highest BCUT2D eigenvalue weighted by molar-refractivity contribution is 5.88. The maximum atomic E-state index is 11.5. The number of carbonyl (C=O) groups is 1. The van der Waals surface area contributed by atoms with Crippen molar-refractivity contribution in [1.29, 1.82) is 0 Å². The van der Waals surface area contributed by atoms with E-state index < -0.39 is 12.1 Å². The molecule has 2 heterocycles. The van der Waals surface area contributed by atoms with E-state index in [-0.39, 0.29) is 0 Å². The first kappa shape index (κ1) is 17.7. The number of likely N-dealkylation sites (N-methyl/N-ethyl adjacent to an activating group) is 1.